The molecule has 0 bridgehead atoms. The number of methoxy groups -OCH3 is 1. The molecule has 26 heavy (non-hydrogen) atoms. The number of ether oxygens (including phenoxy) is 2. The first-order valence-corrected chi connectivity index (χ1v) is 9.17. The largest absolute Gasteiger partial charge is 0.497 e. The molecule has 1 saturated heterocycles. The van der Waals surface area contributed by atoms with Gasteiger partial charge >= 0.3 is 0 Å². The molecule has 5 nitrogen and oxygen atoms in total. The van der Waals surface area contributed by atoms with Crippen LogP contribution in [0, 0.1) is 6.92 Å². The summed E-state index contributed by atoms with van der Waals surface area (Å²) in [7, 11) is 1.71. The van der Waals surface area contributed by atoms with Gasteiger partial charge in [0, 0.05) is 42.4 Å². The summed E-state index contributed by atoms with van der Waals surface area (Å²) in [4.78, 5) is 10.2. The van der Waals surface area contributed by atoms with Gasteiger partial charge in [0.25, 0.3) is 0 Å². The van der Waals surface area contributed by atoms with E-state index in [1.807, 2.05) is 18.2 Å². The number of aryl methyl sites for hydroxylation is 1. The Labute approximate surface area is 153 Å². The van der Waals surface area contributed by atoms with Crippen molar-refractivity contribution < 1.29 is 9.47 Å². The summed E-state index contributed by atoms with van der Waals surface area (Å²) in [5.41, 5.74) is 3.78. The van der Waals surface area contributed by atoms with Crippen molar-refractivity contribution >= 4 is 10.9 Å². The maximum Gasteiger partial charge on any atom is 0.137 e. The highest BCUT2D eigenvalue weighted by Gasteiger charge is 2.22. The number of benzene rings is 1. The molecule has 0 spiro atoms. The molecule has 0 amide bonds. The molecule has 0 saturated carbocycles. The Morgan fingerprint density at radius 3 is 2.77 bits per heavy atom. The van der Waals surface area contributed by atoms with Gasteiger partial charge in [-0.05, 0) is 55.7 Å². The van der Waals surface area contributed by atoms with Gasteiger partial charge in [-0.25, -0.2) is 0 Å². The standard InChI is InChI=1S/C21H25N3O2/c1-15-19-12-17(25-2)5-6-20(19)23-21(15)14-24-10-7-16(8-11-24)26-18-4-3-9-22-13-18/h3-6,9,12-13,16,23H,7-8,10-11,14H2,1-2H3. The third-order valence-electron chi connectivity index (χ3n) is 5.22. The number of nitrogens with zero attached hydrogens (tertiary/aromatic N) is 2. The zero-order valence-corrected chi connectivity index (χ0v) is 15.4. The summed E-state index contributed by atoms with van der Waals surface area (Å²) in [5.74, 6) is 1.77. The minimum Gasteiger partial charge on any atom is -0.497 e. The van der Waals surface area contributed by atoms with Crippen LogP contribution >= 0.6 is 0 Å². The van der Waals surface area contributed by atoms with Crippen LogP contribution in [-0.2, 0) is 6.54 Å². The summed E-state index contributed by atoms with van der Waals surface area (Å²) in [6.45, 7) is 5.22. The summed E-state index contributed by atoms with van der Waals surface area (Å²) in [6, 6.07) is 10.1. The Hall–Kier alpha value is -2.53. The maximum absolute atomic E-state index is 6.04. The third kappa shape index (κ3) is 3.53. The number of pyridine rings is 1. The van der Waals surface area contributed by atoms with Gasteiger partial charge in [0.2, 0.25) is 0 Å². The second kappa shape index (κ2) is 7.38. The van der Waals surface area contributed by atoms with Crippen molar-refractivity contribution in [3.8, 4) is 11.5 Å². The zero-order chi connectivity index (χ0) is 17.9. The normalized spacial score (nSPS) is 16.1. The Morgan fingerprint density at radius 1 is 1.19 bits per heavy atom. The Morgan fingerprint density at radius 2 is 2.04 bits per heavy atom. The van der Waals surface area contributed by atoms with Crippen LogP contribution in [0.15, 0.2) is 42.7 Å². The van der Waals surface area contributed by atoms with Gasteiger partial charge in [0.1, 0.15) is 17.6 Å². The zero-order valence-electron chi connectivity index (χ0n) is 15.4. The van der Waals surface area contributed by atoms with Gasteiger partial charge in [0.15, 0.2) is 0 Å². The average molecular weight is 351 g/mol. The van der Waals surface area contributed by atoms with Crippen molar-refractivity contribution in [3.05, 3.63) is 54.0 Å². The second-order valence-electron chi connectivity index (χ2n) is 6.92. The molecule has 0 unspecified atom stereocenters. The molecule has 3 aromatic rings. The lowest BCUT2D eigenvalue weighted by Crippen LogP contribution is -2.38. The molecular weight excluding hydrogens is 326 g/mol. The number of rotatable bonds is 5. The molecule has 4 rings (SSSR count). The molecule has 0 radical (unpaired) electrons. The first-order chi connectivity index (χ1) is 12.7. The number of likely N-dealkylation sites (tertiary alicyclic amines) is 1. The molecule has 3 heterocycles. The molecule has 0 atom stereocenters. The molecule has 1 N–H and O–H groups in total. The van der Waals surface area contributed by atoms with Crippen LogP contribution in [0.2, 0.25) is 0 Å². The number of H-pyrrole nitrogens is 1. The fourth-order valence-electron chi connectivity index (χ4n) is 3.66. The average Bonchev–Trinajstić information content (AvgIpc) is 2.99. The highest BCUT2D eigenvalue weighted by molar-refractivity contribution is 5.85. The molecular formula is C21H25N3O2. The van der Waals surface area contributed by atoms with Gasteiger partial charge in [-0.1, -0.05) is 0 Å². The van der Waals surface area contributed by atoms with Crippen molar-refractivity contribution in [3.63, 3.8) is 0 Å². The van der Waals surface area contributed by atoms with E-state index in [0.29, 0.717) is 0 Å². The van der Waals surface area contributed by atoms with E-state index in [1.54, 1.807) is 19.5 Å². The molecule has 0 aliphatic carbocycles. The smallest absolute Gasteiger partial charge is 0.137 e. The number of aromatic amines is 1. The quantitative estimate of drug-likeness (QED) is 0.757. The Balaban J connectivity index is 1.38. The first kappa shape index (κ1) is 16.9. The van der Waals surface area contributed by atoms with E-state index in [1.165, 1.54) is 22.2 Å². The second-order valence-corrected chi connectivity index (χ2v) is 6.92. The number of aromatic nitrogens is 2. The van der Waals surface area contributed by atoms with Crippen LogP contribution < -0.4 is 9.47 Å². The number of hydrogen-bond acceptors (Lipinski definition) is 4. The fourth-order valence-corrected chi connectivity index (χ4v) is 3.66. The lowest BCUT2D eigenvalue weighted by Gasteiger charge is -2.32. The molecule has 5 heteroatoms. The summed E-state index contributed by atoms with van der Waals surface area (Å²) in [6.07, 6.45) is 5.93. The van der Waals surface area contributed by atoms with Crippen molar-refractivity contribution in [2.24, 2.45) is 0 Å². The van der Waals surface area contributed by atoms with Crippen molar-refractivity contribution in [2.45, 2.75) is 32.4 Å². The van der Waals surface area contributed by atoms with Crippen molar-refractivity contribution in [1.29, 1.82) is 0 Å². The van der Waals surface area contributed by atoms with E-state index >= 15 is 0 Å². The monoisotopic (exact) mass is 351 g/mol. The van der Waals surface area contributed by atoms with Crippen LogP contribution in [0.4, 0.5) is 0 Å². The molecule has 1 aliphatic rings. The minimum absolute atomic E-state index is 0.281. The van der Waals surface area contributed by atoms with Crippen molar-refractivity contribution in [2.75, 3.05) is 20.2 Å². The van der Waals surface area contributed by atoms with E-state index in [-0.39, 0.29) is 6.10 Å². The number of piperidine rings is 1. The van der Waals surface area contributed by atoms with E-state index < -0.39 is 0 Å². The van der Waals surface area contributed by atoms with E-state index in [4.69, 9.17) is 9.47 Å². The lowest BCUT2D eigenvalue weighted by molar-refractivity contribution is 0.0958. The van der Waals surface area contributed by atoms with Crippen LogP contribution in [-0.4, -0.2) is 41.2 Å². The number of nitrogens with one attached hydrogen (secondary N) is 1. The summed E-state index contributed by atoms with van der Waals surface area (Å²) < 4.78 is 11.4. The highest BCUT2D eigenvalue weighted by Crippen LogP contribution is 2.27. The molecule has 1 aliphatic heterocycles. The maximum atomic E-state index is 6.04. The van der Waals surface area contributed by atoms with E-state index in [9.17, 15) is 0 Å². The van der Waals surface area contributed by atoms with Gasteiger partial charge in [0.05, 0.1) is 13.3 Å². The van der Waals surface area contributed by atoms with E-state index in [2.05, 4.69) is 33.9 Å². The Bertz CT molecular complexity index is 868. The number of fused-ring (bicyclic) bond motifs is 1. The fraction of sp³-hybridized carbons (Fsp3) is 0.381. The van der Waals surface area contributed by atoms with Crippen LogP contribution in [0.25, 0.3) is 10.9 Å². The minimum atomic E-state index is 0.281. The van der Waals surface area contributed by atoms with Crippen LogP contribution in [0.1, 0.15) is 24.1 Å². The van der Waals surface area contributed by atoms with Crippen molar-refractivity contribution in [1.82, 2.24) is 14.9 Å². The molecule has 1 aromatic carbocycles. The Kier molecular flexibility index (Phi) is 4.80. The van der Waals surface area contributed by atoms with Gasteiger partial charge < -0.3 is 14.5 Å². The molecule has 1 fully saturated rings. The van der Waals surface area contributed by atoms with Crippen LogP contribution in [0.5, 0.6) is 11.5 Å². The topological polar surface area (TPSA) is 50.4 Å². The molecule has 136 valence electrons. The SMILES string of the molecule is COc1ccc2[nH]c(CN3CCC(Oc4cccnc4)CC3)c(C)c2c1. The third-order valence-corrected chi connectivity index (χ3v) is 5.22. The lowest BCUT2D eigenvalue weighted by atomic mass is 10.1. The van der Waals surface area contributed by atoms with Gasteiger partial charge in [-0.15, -0.1) is 0 Å². The first-order valence-electron chi connectivity index (χ1n) is 9.17. The van der Waals surface area contributed by atoms with E-state index in [0.717, 1.165) is 44.0 Å². The summed E-state index contributed by atoms with van der Waals surface area (Å²) in [5, 5.41) is 1.24. The predicted octanol–water partition coefficient (Wildman–Crippen LogP) is 3.92. The van der Waals surface area contributed by atoms with Crippen LogP contribution in [0.3, 0.4) is 0 Å². The van der Waals surface area contributed by atoms with Gasteiger partial charge in [-0.2, -0.15) is 0 Å². The highest BCUT2D eigenvalue weighted by atomic mass is 16.5. The number of hydrogen-bond donors (Lipinski definition) is 1. The predicted molar refractivity (Wildman–Crippen MR) is 103 cm³/mol. The molecule has 2 aromatic heterocycles. The van der Waals surface area contributed by atoms with Gasteiger partial charge in [-0.3, -0.25) is 9.88 Å². The summed E-state index contributed by atoms with van der Waals surface area (Å²) >= 11 is 0.